The molecule has 0 aliphatic carbocycles. The fraction of sp³-hybridized carbons (Fsp3) is 0.200. The minimum atomic E-state index is -1.11. The summed E-state index contributed by atoms with van der Waals surface area (Å²) in [6.07, 6.45) is 0.638. The number of benzene rings is 1. The van der Waals surface area contributed by atoms with Crippen molar-refractivity contribution in [1.82, 2.24) is 4.98 Å². The lowest BCUT2D eigenvalue weighted by Gasteiger charge is -2.16. The molecule has 0 radical (unpaired) electrons. The van der Waals surface area contributed by atoms with Gasteiger partial charge in [-0.2, -0.15) is 0 Å². The van der Waals surface area contributed by atoms with Gasteiger partial charge in [0.1, 0.15) is 11.6 Å². The van der Waals surface area contributed by atoms with Crippen LogP contribution in [0.25, 0.3) is 0 Å². The molecule has 21 heavy (non-hydrogen) atoms. The van der Waals surface area contributed by atoms with Crippen LogP contribution in [-0.2, 0) is 6.42 Å². The van der Waals surface area contributed by atoms with E-state index >= 15 is 0 Å². The summed E-state index contributed by atoms with van der Waals surface area (Å²) in [6, 6.07) is 9.04. The van der Waals surface area contributed by atoms with E-state index in [1.807, 2.05) is 6.92 Å². The van der Waals surface area contributed by atoms with E-state index < -0.39 is 5.97 Å². The molecule has 1 aromatic carbocycles. The molecular weight excluding hydrogens is 273 g/mol. The van der Waals surface area contributed by atoms with Gasteiger partial charge in [0.25, 0.3) is 0 Å². The van der Waals surface area contributed by atoms with E-state index in [1.54, 1.807) is 12.1 Å². The number of carboxylic acid groups (broad SMARTS) is 1. The summed E-state index contributed by atoms with van der Waals surface area (Å²) < 4.78 is 12.8. The lowest BCUT2D eigenvalue weighted by Crippen LogP contribution is -2.20. The Labute approximate surface area is 121 Å². The van der Waals surface area contributed by atoms with E-state index in [0.717, 1.165) is 5.56 Å². The maximum Gasteiger partial charge on any atom is 0.354 e. The molecule has 0 aliphatic heterocycles. The van der Waals surface area contributed by atoms with Crippen molar-refractivity contribution in [2.45, 2.75) is 19.4 Å². The number of hydrogen-bond acceptors (Lipinski definition) is 4. The van der Waals surface area contributed by atoms with E-state index in [2.05, 4.69) is 10.3 Å². The first-order chi connectivity index (χ1) is 9.95. The summed E-state index contributed by atoms with van der Waals surface area (Å²) in [4.78, 5) is 14.9. The smallest absolute Gasteiger partial charge is 0.354 e. The van der Waals surface area contributed by atoms with E-state index in [1.165, 1.54) is 24.3 Å². The van der Waals surface area contributed by atoms with Gasteiger partial charge in [0, 0.05) is 6.04 Å². The molecule has 1 atom stereocenters. The standard InChI is InChI=1S/C15H16FN3O2/c1-9(8-10-2-4-11(16)5-3-10)18-14-12(17)6-7-13(19-14)15(20)21/h2-7,9H,8,17H2,1H3,(H,18,19)(H,20,21). The number of carbonyl (C=O) groups is 1. The lowest BCUT2D eigenvalue weighted by molar-refractivity contribution is 0.0690. The number of nitrogens with two attached hydrogens (primary N) is 1. The molecule has 0 amide bonds. The van der Waals surface area contributed by atoms with Crippen molar-refractivity contribution in [3.05, 3.63) is 53.5 Å². The molecule has 0 saturated carbocycles. The van der Waals surface area contributed by atoms with Crippen molar-refractivity contribution in [1.29, 1.82) is 0 Å². The van der Waals surface area contributed by atoms with Crippen molar-refractivity contribution < 1.29 is 14.3 Å². The third-order valence-corrected chi connectivity index (χ3v) is 2.98. The van der Waals surface area contributed by atoms with E-state index in [9.17, 15) is 9.18 Å². The predicted octanol–water partition coefficient (Wildman–Crippen LogP) is 2.54. The van der Waals surface area contributed by atoms with Gasteiger partial charge in [-0.1, -0.05) is 12.1 Å². The van der Waals surface area contributed by atoms with Gasteiger partial charge in [-0.25, -0.2) is 14.2 Å². The van der Waals surface area contributed by atoms with Crippen LogP contribution in [0.3, 0.4) is 0 Å². The van der Waals surface area contributed by atoms with Gasteiger partial charge in [0.2, 0.25) is 0 Å². The molecule has 1 aromatic heterocycles. The maximum atomic E-state index is 12.8. The number of pyridine rings is 1. The first-order valence-corrected chi connectivity index (χ1v) is 6.46. The van der Waals surface area contributed by atoms with Crippen LogP contribution in [0.5, 0.6) is 0 Å². The fourth-order valence-electron chi connectivity index (χ4n) is 1.96. The molecule has 110 valence electrons. The summed E-state index contributed by atoms with van der Waals surface area (Å²) in [5, 5.41) is 12.0. The zero-order chi connectivity index (χ0) is 15.4. The highest BCUT2D eigenvalue weighted by Crippen LogP contribution is 2.18. The number of halogens is 1. The van der Waals surface area contributed by atoms with Crippen molar-refractivity contribution >= 4 is 17.5 Å². The van der Waals surface area contributed by atoms with Crippen LogP contribution >= 0.6 is 0 Å². The molecule has 1 unspecified atom stereocenters. The highest BCUT2D eigenvalue weighted by Gasteiger charge is 2.11. The summed E-state index contributed by atoms with van der Waals surface area (Å²) in [7, 11) is 0. The average molecular weight is 289 g/mol. The summed E-state index contributed by atoms with van der Waals surface area (Å²) in [6.45, 7) is 1.91. The Morgan fingerprint density at radius 2 is 2.00 bits per heavy atom. The summed E-state index contributed by atoms with van der Waals surface area (Å²) >= 11 is 0. The third kappa shape index (κ3) is 3.92. The SMILES string of the molecule is CC(Cc1ccc(F)cc1)Nc1nc(C(=O)O)ccc1N. The molecule has 1 heterocycles. The van der Waals surface area contributed by atoms with Gasteiger partial charge in [-0.3, -0.25) is 0 Å². The molecule has 0 saturated heterocycles. The van der Waals surface area contributed by atoms with E-state index in [-0.39, 0.29) is 17.6 Å². The molecule has 0 aliphatic rings. The second-order valence-electron chi connectivity index (χ2n) is 4.82. The van der Waals surface area contributed by atoms with Crippen LogP contribution in [-0.4, -0.2) is 22.1 Å². The molecule has 2 rings (SSSR count). The highest BCUT2D eigenvalue weighted by molar-refractivity contribution is 5.86. The van der Waals surface area contributed by atoms with E-state index in [4.69, 9.17) is 10.8 Å². The van der Waals surface area contributed by atoms with Crippen LogP contribution in [0, 0.1) is 5.82 Å². The fourth-order valence-corrected chi connectivity index (χ4v) is 1.96. The van der Waals surface area contributed by atoms with Crippen molar-refractivity contribution in [2.24, 2.45) is 0 Å². The normalized spacial score (nSPS) is 11.9. The van der Waals surface area contributed by atoms with Gasteiger partial charge < -0.3 is 16.2 Å². The molecule has 6 heteroatoms. The van der Waals surface area contributed by atoms with E-state index in [0.29, 0.717) is 17.9 Å². The second-order valence-corrected chi connectivity index (χ2v) is 4.82. The first-order valence-electron chi connectivity index (χ1n) is 6.46. The van der Waals surface area contributed by atoms with Crippen LogP contribution in [0.15, 0.2) is 36.4 Å². The molecular formula is C15H16FN3O2. The molecule has 4 N–H and O–H groups in total. The topological polar surface area (TPSA) is 88.2 Å². The summed E-state index contributed by atoms with van der Waals surface area (Å²) in [5.74, 6) is -1.05. The van der Waals surface area contributed by atoms with Gasteiger partial charge in [0.05, 0.1) is 5.69 Å². The van der Waals surface area contributed by atoms with Crippen LogP contribution in [0.2, 0.25) is 0 Å². The van der Waals surface area contributed by atoms with Crippen molar-refractivity contribution in [3.63, 3.8) is 0 Å². The average Bonchev–Trinajstić information content (AvgIpc) is 2.43. The number of carboxylic acids is 1. The molecule has 2 aromatic rings. The maximum absolute atomic E-state index is 12.8. The minimum absolute atomic E-state index is 0.0330. The Morgan fingerprint density at radius 1 is 1.33 bits per heavy atom. The number of nitrogens with one attached hydrogen (secondary N) is 1. The minimum Gasteiger partial charge on any atom is -0.477 e. The first kappa shape index (κ1) is 14.8. The third-order valence-electron chi connectivity index (χ3n) is 2.98. The molecule has 5 nitrogen and oxygen atoms in total. The van der Waals surface area contributed by atoms with Gasteiger partial charge in [-0.15, -0.1) is 0 Å². The van der Waals surface area contributed by atoms with Gasteiger partial charge >= 0.3 is 5.97 Å². The Hall–Kier alpha value is -2.63. The summed E-state index contributed by atoms with van der Waals surface area (Å²) in [5.41, 5.74) is 7.06. The Balaban J connectivity index is 2.08. The zero-order valence-electron chi connectivity index (χ0n) is 11.5. The number of aromatic carboxylic acids is 1. The highest BCUT2D eigenvalue weighted by atomic mass is 19.1. The number of rotatable bonds is 5. The Kier molecular flexibility index (Phi) is 4.37. The number of aromatic nitrogens is 1. The molecule has 0 fully saturated rings. The second kappa shape index (κ2) is 6.21. The zero-order valence-corrected chi connectivity index (χ0v) is 11.5. The molecule has 0 bridgehead atoms. The largest absolute Gasteiger partial charge is 0.477 e. The van der Waals surface area contributed by atoms with Crippen molar-refractivity contribution in [2.75, 3.05) is 11.1 Å². The quantitative estimate of drug-likeness (QED) is 0.787. The monoisotopic (exact) mass is 289 g/mol. The van der Waals surface area contributed by atoms with Crippen LogP contribution in [0.1, 0.15) is 23.0 Å². The Morgan fingerprint density at radius 3 is 2.62 bits per heavy atom. The number of hydrogen-bond donors (Lipinski definition) is 3. The Bertz CT molecular complexity index is 644. The van der Waals surface area contributed by atoms with Crippen LogP contribution in [0.4, 0.5) is 15.9 Å². The number of nitrogen functional groups attached to an aromatic ring is 1. The van der Waals surface area contributed by atoms with Gasteiger partial charge in [0.15, 0.2) is 5.69 Å². The van der Waals surface area contributed by atoms with Crippen molar-refractivity contribution in [3.8, 4) is 0 Å². The molecule has 0 spiro atoms. The van der Waals surface area contributed by atoms with Gasteiger partial charge in [-0.05, 0) is 43.2 Å². The number of nitrogens with zero attached hydrogens (tertiary/aromatic N) is 1. The number of anilines is 2. The van der Waals surface area contributed by atoms with Crippen LogP contribution < -0.4 is 11.1 Å². The lowest BCUT2D eigenvalue weighted by atomic mass is 10.1. The predicted molar refractivity (Wildman–Crippen MR) is 78.8 cm³/mol.